The predicted octanol–water partition coefficient (Wildman–Crippen LogP) is 2.41. The Morgan fingerprint density at radius 2 is 1.95 bits per heavy atom. The van der Waals surface area contributed by atoms with Gasteiger partial charge in [-0.3, -0.25) is 10.1 Å². The van der Waals surface area contributed by atoms with E-state index in [1.165, 1.54) is 6.07 Å². The predicted molar refractivity (Wildman–Crippen MR) is 86.1 cm³/mol. The summed E-state index contributed by atoms with van der Waals surface area (Å²) in [5.74, 6) is 0. The first kappa shape index (κ1) is 17.9. The van der Waals surface area contributed by atoms with Crippen molar-refractivity contribution < 1.29 is 13.3 Å². The number of hydrogen-bond donors (Lipinski definition) is 2. The van der Waals surface area contributed by atoms with Gasteiger partial charge >= 0.3 is 0 Å². The molecular formula is C12H18BrN3O4S. The lowest BCUT2D eigenvalue weighted by Crippen LogP contribution is -2.47. The minimum absolute atomic E-state index is 0.0287. The van der Waals surface area contributed by atoms with Gasteiger partial charge in [0.25, 0.3) is 5.69 Å². The van der Waals surface area contributed by atoms with Gasteiger partial charge in [-0.25, -0.2) is 13.1 Å². The Morgan fingerprint density at radius 1 is 1.38 bits per heavy atom. The number of anilines is 1. The Balaban J connectivity index is 2.90. The Hall–Kier alpha value is -1.19. The van der Waals surface area contributed by atoms with Crippen LogP contribution < -0.4 is 10.0 Å². The second kappa shape index (κ2) is 6.29. The first-order chi connectivity index (χ1) is 9.41. The van der Waals surface area contributed by atoms with Crippen molar-refractivity contribution >= 4 is 37.3 Å². The third-order valence-corrected chi connectivity index (χ3v) is 4.24. The molecule has 0 heterocycles. The molecule has 0 spiro atoms. The molecule has 7 nitrogen and oxygen atoms in total. The molecule has 0 aliphatic heterocycles. The van der Waals surface area contributed by atoms with Crippen LogP contribution in [0.25, 0.3) is 0 Å². The van der Waals surface area contributed by atoms with Crippen LogP contribution in [0.15, 0.2) is 16.6 Å². The van der Waals surface area contributed by atoms with Crippen molar-refractivity contribution in [2.24, 2.45) is 0 Å². The Labute approximate surface area is 132 Å². The fraction of sp³-hybridized carbons (Fsp3) is 0.500. The van der Waals surface area contributed by atoms with Crippen LogP contribution >= 0.6 is 15.9 Å². The van der Waals surface area contributed by atoms with Crippen molar-refractivity contribution in [3.63, 3.8) is 0 Å². The number of nitrogens with one attached hydrogen (secondary N) is 2. The van der Waals surface area contributed by atoms with Crippen LogP contribution in [0.4, 0.5) is 11.4 Å². The standard InChI is InChI=1S/C12H18BrN3O4S/c1-8-5-10(9(13)6-11(8)16(17)18)14-7-12(2,3)15-21(4,19)20/h5-6,14-15H,7H2,1-4H3. The van der Waals surface area contributed by atoms with E-state index in [0.29, 0.717) is 22.3 Å². The van der Waals surface area contributed by atoms with Gasteiger partial charge in [-0.1, -0.05) is 0 Å². The highest BCUT2D eigenvalue weighted by Crippen LogP contribution is 2.30. The van der Waals surface area contributed by atoms with Crippen LogP contribution in [0.1, 0.15) is 19.4 Å². The zero-order chi connectivity index (χ0) is 16.4. The summed E-state index contributed by atoms with van der Waals surface area (Å²) < 4.78 is 25.6. The number of hydrogen-bond acceptors (Lipinski definition) is 5. The van der Waals surface area contributed by atoms with Crippen molar-refractivity contribution in [3.8, 4) is 0 Å². The first-order valence-electron chi connectivity index (χ1n) is 6.09. The van der Waals surface area contributed by atoms with Crippen molar-refractivity contribution in [3.05, 3.63) is 32.3 Å². The molecule has 1 rings (SSSR count). The van der Waals surface area contributed by atoms with Crippen LogP contribution in [0, 0.1) is 17.0 Å². The number of benzene rings is 1. The summed E-state index contributed by atoms with van der Waals surface area (Å²) in [6, 6.07) is 3.08. The van der Waals surface area contributed by atoms with Crippen LogP contribution in [-0.2, 0) is 10.0 Å². The van der Waals surface area contributed by atoms with Crippen LogP contribution in [-0.4, -0.2) is 31.7 Å². The average molecular weight is 380 g/mol. The van der Waals surface area contributed by atoms with Gasteiger partial charge in [0.1, 0.15) is 0 Å². The van der Waals surface area contributed by atoms with Crippen LogP contribution in [0.3, 0.4) is 0 Å². The lowest BCUT2D eigenvalue weighted by atomic mass is 10.1. The highest BCUT2D eigenvalue weighted by Gasteiger charge is 2.22. The third kappa shape index (κ3) is 5.60. The van der Waals surface area contributed by atoms with E-state index in [0.717, 1.165) is 6.26 Å². The highest BCUT2D eigenvalue weighted by molar-refractivity contribution is 9.10. The van der Waals surface area contributed by atoms with E-state index >= 15 is 0 Å². The number of aryl methyl sites for hydroxylation is 1. The molecule has 0 atom stereocenters. The summed E-state index contributed by atoms with van der Waals surface area (Å²) in [6.45, 7) is 5.46. The van der Waals surface area contributed by atoms with Gasteiger partial charge in [-0.05, 0) is 42.8 Å². The summed E-state index contributed by atoms with van der Waals surface area (Å²) in [5.41, 5.74) is 0.532. The van der Waals surface area contributed by atoms with Crippen LogP contribution in [0.5, 0.6) is 0 Å². The molecule has 0 aliphatic rings. The topological polar surface area (TPSA) is 101 Å². The second-order valence-corrected chi connectivity index (χ2v) is 8.09. The first-order valence-corrected chi connectivity index (χ1v) is 8.77. The maximum atomic E-state index is 11.3. The quantitative estimate of drug-likeness (QED) is 0.583. The van der Waals surface area contributed by atoms with Crippen molar-refractivity contribution in [1.82, 2.24) is 4.72 Å². The Morgan fingerprint density at radius 3 is 2.43 bits per heavy atom. The smallest absolute Gasteiger partial charge is 0.273 e. The van der Waals surface area contributed by atoms with Crippen molar-refractivity contribution in [1.29, 1.82) is 0 Å². The second-order valence-electron chi connectivity index (χ2n) is 5.49. The molecule has 0 radical (unpaired) electrons. The van der Waals surface area contributed by atoms with Gasteiger partial charge in [-0.2, -0.15) is 0 Å². The molecule has 9 heteroatoms. The molecule has 0 saturated heterocycles. The van der Waals surface area contributed by atoms with Gasteiger partial charge in [0, 0.05) is 33.9 Å². The fourth-order valence-corrected chi connectivity index (χ4v) is 3.40. The zero-order valence-corrected chi connectivity index (χ0v) is 14.6. The third-order valence-electron chi connectivity index (χ3n) is 2.66. The highest BCUT2D eigenvalue weighted by atomic mass is 79.9. The van der Waals surface area contributed by atoms with Gasteiger partial charge in [-0.15, -0.1) is 0 Å². The van der Waals surface area contributed by atoms with E-state index in [1.807, 2.05) is 0 Å². The number of rotatable bonds is 6. The summed E-state index contributed by atoms with van der Waals surface area (Å²) in [7, 11) is -3.31. The van der Waals surface area contributed by atoms with E-state index in [1.54, 1.807) is 26.8 Å². The number of halogens is 1. The molecule has 0 aromatic heterocycles. The van der Waals surface area contributed by atoms with Gasteiger partial charge in [0.15, 0.2) is 0 Å². The van der Waals surface area contributed by atoms with E-state index in [-0.39, 0.29) is 5.69 Å². The maximum Gasteiger partial charge on any atom is 0.273 e. The lowest BCUT2D eigenvalue weighted by molar-refractivity contribution is -0.385. The van der Waals surface area contributed by atoms with Crippen molar-refractivity contribution in [2.45, 2.75) is 26.3 Å². The van der Waals surface area contributed by atoms with E-state index in [4.69, 9.17) is 0 Å². The molecule has 1 aromatic rings. The van der Waals surface area contributed by atoms with Gasteiger partial charge in [0.2, 0.25) is 10.0 Å². The minimum atomic E-state index is -3.31. The lowest BCUT2D eigenvalue weighted by Gasteiger charge is -2.26. The van der Waals surface area contributed by atoms with E-state index < -0.39 is 20.5 Å². The normalized spacial score (nSPS) is 12.2. The molecule has 0 saturated carbocycles. The van der Waals surface area contributed by atoms with Crippen molar-refractivity contribution in [2.75, 3.05) is 18.1 Å². The Kier molecular flexibility index (Phi) is 5.35. The zero-order valence-electron chi connectivity index (χ0n) is 12.2. The monoisotopic (exact) mass is 379 g/mol. The molecule has 0 unspecified atom stereocenters. The molecule has 0 fully saturated rings. The molecule has 118 valence electrons. The SMILES string of the molecule is Cc1cc(NCC(C)(C)NS(C)(=O)=O)c(Br)cc1[N+](=O)[O-]. The fourth-order valence-electron chi connectivity index (χ4n) is 1.86. The number of nitro groups is 1. The number of nitrogens with zero attached hydrogens (tertiary/aromatic N) is 1. The molecule has 0 aliphatic carbocycles. The van der Waals surface area contributed by atoms with Gasteiger partial charge < -0.3 is 5.32 Å². The minimum Gasteiger partial charge on any atom is -0.382 e. The van der Waals surface area contributed by atoms with Crippen LogP contribution in [0.2, 0.25) is 0 Å². The molecule has 0 bridgehead atoms. The summed E-state index contributed by atoms with van der Waals surface area (Å²) in [5, 5.41) is 13.9. The van der Waals surface area contributed by atoms with E-state index in [9.17, 15) is 18.5 Å². The number of nitro benzene ring substituents is 1. The summed E-state index contributed by atoms with van der Waals surface area (Å²) in [4.78, 5) is 10.4. The Bertz CT molecular complexity index is 659. The van der Waals surface area contributed by atoms with E-state index in [2.05, 4.69) is 26.0 Å². The maximum absolute atomic E-state index is 11.3. The molecule has 1 aromatic carbocycles. The average Bonchev–Trinajstić information content (AvgIpc) is 2.26. The molecule has 2 N–H and O–H groups in total. The molecule has 0 amide bonds. The molecular weight excluding hydrogens is 362 g/mol. The summed E-state index contributed by atoms with van der Waals surface area (Å²) in [6.07, 6.45) is 1.10. The summed E-state index contributed by atoms with van der Waals surface area (Å²) >= 11 is 3.27. The van der Waals surface area contributed by atoms with Gasteiger partial charge in [0.05, 0.1) is 11.2 Å². The molecule has 21 heavy (non-hydrogen) atoms. The largest absolute Gasteiger partial charge is 0.382 e. The number of sulfonamides is 1.